The third kappa shape index (κ3) is 6.23. The van der Waals surface area contributed by atoms with Crippen LogP contribution in [0.15, 0.2) is 46.2 Å². The molecular formula is C28H35N7O7S. The zero-order valence-corrected chi connectivity index (χ0v) is 25.6. The quantitative estimate of drug-likeness (QED) is 0.160. The molecule has 1 aromatic carbocycles. The molecule has 3 aromatic heterocycles. The predicted octanol–water partition coefficient (Wildman–Crippen LogP) is 2.04. The zero-order chi connectivity index (χ0) is 31.5. The van der Waals surface area contributed by atoms with Crippen LogP contribution in [-0.4, -0.2) is 60.9 Å². The molecule has 4 aromatic rings. The molecule has 3 N–H and O–H groups in total. The van der Waals surface area contributed by atoms with E-state index in [9.17, 15) is 19.2 Å². The predicted molar refractivity (Wildman–Crippen MR) is 159 cm³/mol. The summed E-state index contributed by atoms with van der Waals surface area (Å²) in [6.45, 7) is 8.15. The Morgan fingerprint density at radius 1 is 1.14 bits per heavy atom. The Balaban J connectivity index is 1.98. The van der Waals surface area contributed by atoms with E-state index in [0.717, 1.165) is 15.9 Å². The number of hydrogen-bond donors (Lipinski definition) is 3. The van der Waals surface area contributed by atoms with Gasteiger partial charge in [0, 0.05) is 17.2 Å². The van der Waals surface area contributed by atoms with E-state index in [0.29, 0.717) is 26.7 Å². The molecule has 0 unspecified atom stereocenters. The first kappa shape index (κ1) is 31.6. The van der Waals surface area contributed by atoms with Gasteiger partial charge in [-0.3, -0.25) is 24.2 Å². The van der Waals surface area contributed by atoms with E-state index in [2.05, 4.69) is 15.5 Å². The molecule has 0 aliphatic carbocycles. The number of amides is 2. The number of hydrogen-bond acceptors (Lipinski definition) is 10. The van der Waals surface area contributed by atoms with E-state index < -0.39 is 34.7 Å². The molecule has 0 bridgehead atoms. The van der Waals surface area contributed by atoms with Gasteiger partial charge in [-0.25, -0.2) is 14.8 Å². The number of fused-ring (bicyclic) bond motifs is 1. The topological polar surface area (TPSA) is 172 Å². The summed E-state index contributed by atoms with van der Waals surface area (Å²) in [5.41, 5.74) is -0.207. The first-order valence-electron chi connectivity index (χ1n) is 13.6. The van der Waals surface area contributed by atoms with Crippen LogP contribution in [0, 0.1) is 6.92 Å². The van der Waals surface area contributed by atoms with Gasteiger partial charge in [-0.1, -0.05) is 29.5 Å². The molecule has 230 valence electrons. The Kier molecular flexibility index (Phi) is 9.47. The second-order valence-corrected chi connectivity index (χ2v) is 11.6. The lowest BCUT2D eigenvalue weighted by Crippen LogP contribution is -2.56. The van der Waals surface area contributed by atoms with Crippen LogP contribution in [0.3, 0.4) is 0 Å². The summed E-state index contributed by atoms with van der Waals surface area (Å²) >= 11 is 1.16. The lowest BCUT2D eigenvalue weighted by molar-refractivity contribution is -0.131. The highest BCUT2D eigenvalue weighted by molar-refractivity contribution is 7.21. The molecule has 0 radical (unpaired) electrons. The number of ether oxygens (including phenoxy) is 2. The fourth-order valence-corrected chi connectivity index (χ4v) is 5.95. The van der Waals surface area contributed by atoms with Gasteiger partial charge in [-0.05, 0) is 40.7 Å². The number of para-hydroxylation sites is 1. The second kappa shape index (κ2) is 12.9. The lowest BCUT2D eigenvalue weighted by Gasteiger charge is -2.28. The van der Waals surface area contributed by atoms with Crippen molar-refractivity contribution in [2.45, 2.75) is 65.3 Å². The number of nitrogens with zero attached hydrogens (tertiary/aromatic N) is 5. The summed E-state index contributed by atoms with van der Waals surface area (Å²) in [5.74, 6) is -0.658. The van der Waals surface area contributed by atoms with Crippen molar-refractivity contribution in [3.05, 3.63) is 68.6 Å². The molecule has 0 saturated heterocycles. The zero-order valence-electron chi connectivity index (χ0n) is 24.8. The monoisotopic (exact) mass is 613 g/mol. The van der Waals surface area contributed by atoms with E-state index in [1.54, 1.807) is 50.5 Å². The second-order valence-electron chi connectivity index (χ2n) is 10.6. The first-order valence-corrected chi connectivity index (χ1v) is 14.4. The third-order valence-corrected chi connectivity index (χ3v) is 8.21. The number of carbonyl (C=O) groups is 2. The van der Waals surface area contributed by atoms with Crippen LogP contribution in [0.2, 0.25) is 0 Å². The standard InChI is InChI=1S/C28H35N7O7S/c1-16(2)31-26(38)28(4,5)34-23(37)22-17(3)24(35-29-12-13-30-35)43-25(22)33(27(34)39)15-20(42-14-11-21(36)32-40)18-9-7-8-10-19(18)41-6/h7-10,12-13,16,20,40H,11,14-15H2,1-6H3,(H,31,38)(H,32,36)/t20-/m0/s1. The number of nitrogens with one attached hydrogen (secondary N) is 2. The molecule has 2 amide bonds. The van der Waals surface area contributed by atoms with Gasteiger partial charge >= 0.3 is 5.69 Å². The first-order chi connectivity index (χ1) is 20.4. The van der Waals surface area contributed by atoms with E-state index in [1.165, 1.54) is 42.7 Å². The van der Waals surface area contributed by atoms with Crippen LogP contribution >= 0.6 is 11.3 Å². The number of aryl methyl sites for hydroxylation is 1. The van der Waals surface area contributed by atoms with E-state index in [-0.39, 0.29) is 31.0 Å². The van der Waals surface area contributed by atoms with Crippen molar-refractivity contribution in [3.8, 4) is 10.8 Å². The minimum Gasteiger partial charge on any atom is -0.496 e. The number of rotatable bonds is 12. The van der Waals surface area contributed by atoms with Gasteiger partial charge in [0.2, 0.25) is 11.8 Å². The van der Waals surface area contributed by atoms with Gasteiger partial charge in [0.1, 0.15) is 27.2 Å². The molecule has 15 heteroatoms. The maximum atomic E-state index is 14.3. The van der Waals surface area contributed by atoms with Crippen molar-refractivity contribution >= 4 is 33.4 Å². The largest absolute Gasteiger partial charge is 0.496 e. The number of benzene rings is 1. The van der Waals surface area contributed by atoms with E-state index >= 15 is 0 Å². The number of thiophene rings is 1. The Bertz CT molecular complexity index is 1740. The smallest absolute Gasteiger partial charge is 0.333 e. The van der Waals surface area contributed by atoms with Crippen LogP contribution in [0.5, 0.6) is 5.75 Å². The van der Waals surface area contributed by atoms with Crippen LogP contribution in [-0.2, 0) is 26.4 Å². The van der Waals surface area contributed by atoms with Crippen LogP contribution in [0.4, 0.5) is 0 Å². The van der Waals surface area contributed by atoms with Gasteiger partial charge in [-0.15, -0.1) is 4.80 Å². The van der Waals surface area contributed by atoms with Crippen molar-refractivity contribution in [2.75, 3.05) is 13.7 Å². The van der Waals surface area contributed by atoms with Crippen LogP contribution in [0.1, 0.15) is 51.3 Å². The summed E-state index contributed by atoms with van der Waals surface area (Å²) < 4.78 is 14.0. The number of aromatic nitrogens is 5. The summed E-state index contributed by atoms with van der Waals surface area (Å²) in [5, 5.41) is 20.9. The number of carbonyl (C=O) groups excluding carboxylic acids is 2. The molecule has 0 spiro atoms. The molecule has 3 heterocycles. The molecule has 4 rings (SSSR count). The Hall–Kier alpha value is -4.34. The highest BCUT2D eigenvalue weighted by atomic mass is 32.1. The molecule has 43 heavy (non-hydrogen) atoms. The van der Waals surface area contributed by atoms with Gasteiger partial charge in [0.15, 0.2) is 0 Å². The van der Waals surface area contributed by atoms with Crippen LogP contribution < -0.4 is 26.8 Å². The van der Waals surface area contributed by atoms with Crippen molar-refractivity contribution < 1.29 is 24.3 Å². The van der Waals surface area contributed by atoms with E-state index in [1.807, 2.05) is 0 Å². The molecule has 0 aliphatic rings. The molecular weight excluding hydrogens is 578 g/mol. The summed E-state index contributed by atoms with van der Waals surface area (Å²) in [6.07, 6.45) is 2.02. The van der Waals surface area contributed by atoms with E-state index in [4.69, 9.17) is 14.7 Å². The van der Waals surface area contributed by atoms with Crippen molar-refractivity contribution in [2.24, 2.45) is 0 Å². The van der Waals surface area contributed by atoms with Crippen molar-refractivity contribution in [1.29, 1.82) is 0 Å². The normalized spacial score (nSPS) is 12.5. The molecule has 0 fully saturated rings. The highest BCUT2D eigenvalue weighted by Crippen LogP contribution is 2.34. The Morgan fingerprint density at radius 3 is 2.44 bits per heavy atom. The summed E-state index contributed by atoms with van der Waals surface area (Å²) in [6, 6.07) is 6.84. The number of hydroxylamine groups is 1. The fraction of sp³-hybridized carbons (Fsp3) is 0.429. The minimum atomic E-state index is -1.56. The SMILES string of the molecule is COc1ccccc1[C@H](Cn1c(=O)n(C(C)(C)C(=O)NC(C)C)c(=O)c2c(C)c(-n3nccn3)sc21)OCCC(=O)NO. The fourth-order valence-electron chi connectivity index (χ4n) is 4.73. The molecule has 1 atom stereocenters. The van der Waals surface area contributed by atoms with Crippen molar-refractivity contribution in [1.82, 2.24) is 34.9 Å². The van der Waals surface area contributed by atoms with Crippen molar-refractivity contribution in [3.63, 3.8) is 0 Å². The van der Waals surface area contributed by atoms with Gasteiger partial charge < -0.3 is 14.8 Å². The molecule has 14 nitrogen and oxygen atoms in total. The maximum Gasteiger partial charge on any atom is 0.333 e. The molecule has 0 saturated carbocycles. The number of methoxy groups -OCH3 is 1. The Labute approximate surface area is 250 Å². The molecule has 0 aliphatic heterocycles. The minimum absolute atomic E-state index is 0.0964. The average molecular weight is 614 g/mol. The van der Waals surface area contributed by atoms with Gasteiger partial charge in [-0.2, -0.15) is 10.2 Å². The summed E-state index contributed by atoms with van der Waals surface area (Å²) in [7, 11) is 1.50. The third-order valence-electron chi connectivity index (χ3n) is 6.93. The average Bonchev–Trinajstić information content (AvgIpc) is 3.62. The highest BCUT2D eigenvalue weighted by Gasteiger charge is 2.36. The van der Waals surface area contributed by atoms with Gasteiger partial charge in [0.05, 0.1) is 44.5 Å². The van der Waals surface area contributed by atoms with Crippen LogP contribution in [0.25, 0.3) is 15.2 Å². The lowest BCUT2D eigenvalue weighted by atomic mass is 10.0. The summed E-state index contributed by atoms with van der Waals surface area (Å²) in [4.78, 5) is 55.2. The maximum absolute atomic E-state index is 14.3. The Morgan fingerprint density at radius 2 is 1.81 bits per heavy atom. The van der Waals surface area contributed by atoms with Gasteiger partial charge in [0.25, 0.3) is 5.56 Å².